The third-order valence-electron chi connectivity index (χ3n) is 1.91. The zero-order valence-corrected chi connectivity index (χ0v) is 9.57. The molecule has 0 aliphatic rings. The molecule has 0 aliphatic carbocycles. The largest absolute Gasteiger partial charge is 0.417 e. The highest BCUT2D eigenvalue weighted by Crippen LogP contribution is 2.32. The summed E-state index contributed by atoms with van der Waals surface area (Å²) >= 11 is 3.94. The highest BCUT2D eigenvalue weighted by atomic mass is 32.1. The van der Waals surface area contributed by atoms with Gasteiger partial charge >= 0.3 is 6.18 Å². The van der Waals surface area contributed by atoms with Gasteiger partial charge < -0.3 is 0 Å². The third-order valence-corrected chi connectivity index (χ3v) is 2.14. The van der Waals surface area contributed by atoms with Crippen molar-refractivity contribution in [1.82, 2.24) is 0 Å². The van der Waals surface area contributed by atoms with Crippen LogP contribution < -0.4 is 0 Å². The van der Waals surface area contributed by atoms with Crippen molar-refractivity contribution in [3.05, 3.63) is 34.9 Å². The summed E-state index contributed by atoms with van der Waals surface area (Å²) in [6, 6.07) is 4.94. The highest BCUT2D eigenvalue weighted by molar-refractivity contribution is 7.80. The van der Waals surface area contributed by atoms with Gasteiger partial charge in [-0.1, -0.05) is 11.8 Å². The van der Waals surface area contributed by atoms with Crippen molar-refractivity contribution in [2.45, 2.75) is 12.6 Å². The molecule has 0 bridgehead atoms. The molecule has 0 radical (unpaired) electrons. The minimum atomic E-state index is -4.54. The lowest BCUT2D eigenvalue weighted by Gasteiger charge is -2.08. The van der Waals surface area contributed by atoms with E-state index < -0.39 is 17.3 Å². The van der Waals surface area contributed by atoms with Crippen LogP contribution in [0.3, 0.4) is 0 Å². The van der Waals surface area contributed by atoms with Gasteiger partial charge in [-0.05, 0) is 18.2 Å². The number of halogens is 3. The Morgan fingerprint density at radius 1 is 1.29 bits per heavy atom. The zero-order chi connectivity index (χ0) is 12.9. The van der Waals surface area contributed by atoms with Gasteiger partial charge in [-0.25, -0.2) is 0 Å². The van der Waals surface area contributed by atoms with Gasteiger partial charge in [-0.2, -0.15) is 31.1 Å². The van der Waals surface area contributed by atoms with Gasteiger partial charge in [0.15, 0.2) is 0 Å². The SMILES string of the molecule is N#Cc1ccc(C#CCCS)cc1C(F)(F)F. The summed E-state index contributed by atoms with van der Waals surface area (Å²) in [5.41, 5.74) is -1.09. The quantitative estimate of drug-likeness (QED) is 0.604. The molecule has 0 aromatic heterocycles. The molecule has 0 saturated heterocycles. The normalized spacial score (nSPS) is 10.3. The Bertz CT molecular complexity index is 503. The van der Waals surface area contributed by atoms with Crippen LogP contribution in [0.1, 0.15) is 23.1 Å². The molecule has 0 atom stereocenters. The maximum atomic E-state index is 12.6. The van der Waals surface area contributed by atoms with E-state index in [-0.39, 0.29) is 5.56 Å². The Hall–Kier alpha value is -1.59. The van der Waals surface area contributed by atoms with Crippen LogP contribution in [-0.4, -0.2) is 5.75 Å². The minimum absolute atomic E-state index is 0.248. The summed E-state index contributed by atoms with van der Waals surface area (Å²) in [4.78, 5) is 0. The molecule has 1 aromatic carbocycles. The van der Waals surface area contributed by atoms with Crippen molar-refractivity contribution in [3.8, 4) is 17.9 Å². The van der Waals surface area contributed by atoms with Crippen LogP contribution in [0.5, 0.6) is 0 Å². The molecule has 0 fully saturated rings. The molecule has 0 saturated carbocycles. The van der Waals surface area contributed by atoms with Crippen molar-refractivity contribution >= 4 is 12.6 Å². The second-order valence-electron chi connectivity index (χ2n) is 3.15. The second kappa shape index (κ2) is 5.65. The predicted octanol–water partition coefficient (Wildman–Crippen LogP) is 3.25. The van der Waals surface area contributed by atoms with Crippen LogP contribution in [-0.2, 0) is 6.18 Å². The van der Waals surface area contributed by atoms with Crippen molar-refractivity contribution in [1.29, 1.82) is 5.26 Å². The van der Waals surface area contributed by atoms with Crippen molar-refractivity contribution in [3.63, 3.8) is 0 Å². The van der Waals surface area contributed by atoms with E-state index in [1.54, 1.807) is 0 Å². The van der Waals surface area contributed by atoms with Crippen molar-refractivity contribution in [2.75, 3.05) is 5.75 Å². The summed E-state index contributed by atoms with van der Waals surface area (Å²) in [7, 11) is 0. The molecule has 5 heteroatoms. The number of thiol groups is 1. The number of hydrogen-bond donors (Lipinski definition) is 1. The maximum absolute atomic E-state index is 12.6. The van der Waals surface area contributed by atoms with E-state index in [0.29, 0.717) is 12.2 Å². The Kier molecular flexibility index (Phi) is 4.48. The van der Waals surface area contributed by atoms with Gasteiger partial charge in [0.2, 0.25) is 0 Å². The molecular formula is C12H8F3NS. The average Bonchev–Trinajstić information content (AvgIpc) is 2.28. The van der Waals surface area contributed by atoms with Gasteiger partial charge in [0.25, 0.3) is 0 Å². The fourth-order valence-corrected chi connectivity index (χ4v) is 1.29. The average molecular weight is 255 g/mol. The molecular weight excluding hydrogens is 247 g/mol. The molecule has 0 aliphatic heterocycles. The molecule has 1 nitrogen and oxygen atoms in total. The third kappa shape index (κ3) is 3.72. The molecule has 1 rings (SSSR count). The van der Waals surface area contributed by atoms with E-state index in [4.69, 9.17) is 5.26 Å². The molecule has 0 unspecified atom stereocenters. The van der Waals surface area contributed by atoms with Crippen LogP contribution in [0, 0.1) is 23.2 Å². The first-order valence-corrected chi connectivity index (χ1v) is 5.33. The van der Waals surface area contributed by atoms with Crippen LogP contribution in [0.15, 0.2) is 18.2 Å². The van der Waals surface area contributed by atoms with E-state index in [2.05, 4.69) is 24.5 Å². The number of hydrogen-bond acceptors (Lipinski definition) is 2. The maximum Gasteiger partial charge on any atom is 0.417 e. The zero-order valence-electron chi connectivity index (χ0n) is 8.67. The first-order chi connectivity index (χ1) is 7.99. The first-order valence-electron chi connectivity index (χ1n) is 4.70. The Morgan fingerprint density at radius 3 is 2.53 bits per heavy atom. The smallest absolute Gasteiger partial charge is 0.192 e. The topological polar surface area (TPSA) is 23.8 Å². The monoisotopic (exact) mass is 255 g/mol. The molecule has 17 heavy (non-hydrogen) atoms. The lowest BCUT2D eigenvalue weighted by atomic mass is 10.0. The second-order valence-corrected chi connectivity index (χ2v) is 3.59. The van der Waals surface area contributed by atoms with E-state index in [0.717, 1.165) is 12.1 Å². The summed E-state index contributed by atoms with van der Waals surface area (Å²) < 4.78 is 37.8. The Morgan fingerprint density at radius 2 is 2.00 bits per heavy atom. The van der Waals surface area contributed by atoms with Gasteiger partial charge in [-0.3, -0.25) is 0 Å². The Labute approximate surface area is 103 Å². The number of rotatable bonds is 1. The summed E-state index contributed by atoms with van der Waals surface area (Å²) in [6.07, 6.45) is -4.03. The van der Waals surface area contributed by atoms with Gasteiger partial charge in [0.1, 0.15) is 0 Å². The predicted molar refractivity (Wildman–Crippen MR) is 61.5 cm³/mol. The summed E-state index contributed by atoms with van der Waals surface area (Å²) in [5, 5.41) is 8.59. The summed E-state index contributed by atoms with van der Waals surface area (Å²) in [5.74, 6) is 5.84. The standard InChI is InChI=1S/C12H8F3NS/c13-12(14,15)11-7-9(3-1-2-6-17)4-5-10(11)8-16/h4-5,7,17H,2,6H2. The van der Waals surface area contributed by atoms with E-state index in [9.17, 15) is 13.2 Å². The Balaban J connectivity index is 3.17. The lowest BCUT2D eigenvalue weighted by molar-refractivity contribution is -0.137. The molecule has 1 aromatic rings. The number of nitriles is 1. The number of benzene rings is 1. The van der Waals surface area contributed by atoms with Crippen molar-refractivity contribution < 1.29 is 13.2 Å². The molecule has 0 N–H and O–H groups in total. The van der Waals surface area contributed by atoms with Crippen LogP contribution >= 0.6 is 12.6 Å². The fourth-order valence-electron chi connectivity index (χ4n) is 1.17. The van der Waals surface area contributed by atoms with Crippen LogP contribution in [0.25, 0.3) is 0 Å². The first kappa shape index (κ1) is 13.5. The molecule has 88 valence electrons. The van der Waals surface area contributed by atoms with E-state index >= 15 is 0 Å². The number of nitrogens with zero attached hydrogens (tertiary/aromatic N) is 1. The fraction of sp³-hybridized carbons (Fsp3) is 0.250. The van der Waals surface area contributed by atoms with Gasteiger partial charge in [0, 0.05) is 17.7 Å². The lowest BCUT2D eigenvalue weighted by Crippen LogP contribution is -2.08. The van der Waals surface area contributed by atoms with Crippen molar-refractivity contribution in [2.24, 2.45) is 0 Å². The van der Waals surface area contributed by atoms with Gasteiger partial charge in [0.05, 0.1) is 17.2 Å². The molecule has 0 heterocycles. The number of alkyl halides is 3. The van der Waals surface area contributed by atoms with E-state index in [1.165, 1.54) is 12.1 Å². The van der Waals surface area contributed by atoms with Crippen LogP contribution in [0.2, 0.25) is 0 Å². The van der Waals surface area contributed by atoms with Crippen LogP contribution in [0.4, 0.5) is 13.2 Å². The minimum Gasteiger partial charge on any atom is -0.192 e. The highest BCUT2D eigenvalue weighted by Gasteiger charge is 2.33. The van der Waals surface area contributed by atoms with Gasteiger partial charge in [-0.15, -0.1) is 0 Å². The molecule has 0 amide bonds. The molecule has 0 spiro atoms. The summed E-state index contributed by atoms with van der Waals surface area (Å²) in [6.45, 7) is 0. The van der Waals surface area contributed by atoms with E-state index in [1.807, 2.05) is 0 Å².